The highest BCUT2D eigenvalue weighted by Gasteiger charge is 2.56. The summed E-state index contributed by atoms with van der Waals surface area (Å²) in [6.45, 7) is 0.0635. The quantitative estimate of drug-likeness (QED) is 0.822. The third-order valence-corrected chi connectivity index (χ3v) is 3.60. The van der Waals surface area contributed by atoms with Crippen molar-refractivity contribution in [2.45, 2.75) is 24.2 Å². The number of aromatic hydroxyl groups is 1. The maximum absolute atomic E-state index is 13.1. The van der Waals surface area contributed by atoms with E-state index in [1.54, 1.807) is 0 Å². The van der Waals surface area contributed by atoms with Crippen LogP contribution in [0.25, 0.3) is 0 Å². The van der Waals surface area contributed by atoms with E-state index < -0.39 is 17.3 Å². The Hall–Kier alpha value is -1.69. The highest BCUT2D eigenvalue weighted by atomic mass is 19.3. The van der Waals surface area contributed by atoms with Crippen LogP contribution >= 0.6 is 0 Å². The molecular formula is C13H15F2NO3. The Kier molecular flexibility index (Phi) is 3.22. The third-order valence-electron chi connectivity index (χ3n) is 3.60. The number of carbonyl (C=O) groups is 1. The number of nitrogens with two attached hydrogens (primary N) is 1. The summed E-state index contributed by atoms with van der Waals surface area (Å²) in [5, 5.41) is 9.59. The molecule has 1 aliphatic carbocycles. The standard InChI is InChI=1S/C13H15F2NO3/c1-19-11(18)9-4-8(2-3-10(9)17)12(7-16)5-13(14,15)6-12/h2-4,17H,5-7,16H2,1H3. The second-order valence-corrected chi connectivity index (χ2v) is 4.92. The number of rotatable bonds is 3. The van der Waals surface area contributed by atoms with Gasteiger partial charge in [0.25, 0.3) is 0 Å². The van der Waals surface area contributed by atoms with Crippen LogP contribution in [0.2, 0.25) is 0 Å². The van der Waals surface area contributed by atoms with Crippen LogP contribution in [0.1, 0.15) is 28.8 Å². The van der Waals surface area contributed by atoms with Gasteiger partial charge in [0.05, 0.1) is 7.11 Å². The Morgan fingerprint density at radius 3 is 2.58 bits per heavy atom. The van der Waals surface area contributed by atoms with E-state index in [1.807, 2.05) is 0 Å². The maximum Gasteiger partial charge on any atom is 0.341 e. The molecule has 6 heteroatoms. The van der Waals surface area contributed by atoms with Gasteiger partial charge in [-0.15, -0.1) is 0 Å². The summed E-state index contributed by atoms with van der Waals surface area (Å²) in [7, 11) is 1.19. The lowest BCUT2D eigenvalue weighted by Gasteiger charge is -2.47. The van der Waals surface area contributed by atoms with E-state index in [2.05, 4.69) is 4.74 Å². The van der Waals surface area contributed by atoms with Crippen LogP contribution in [0, 0.1) is 0 Å². The van der Waals surface area contributed by atoms with E-state index in [-0.39, 0.29) is 30.7 Å². The molecule has 1 aromatic rings. The van der Waals surface area contributed by atoms with Crippen molar-refractivity contribution in [1.82, 2.24) is 0 Å². The summed E-state index contributed by atoms with van der Waals surface area (Å²) in [6.07, 6.45) is -0.691. The van der Waals surface area contributed by atoms with Gasteiger partial charge in [0.2, 0.25) is 5.92 Å². The molecule has 19 heavy (non-hydrogen) atoms. The molecule has 0 radical (unpaired) electrons. The van der Waals surface area contributed by atoms with Crippen molar-refractivity contribution in [3.63, 3.8) is 0 Å². The Balaban J connectivity index is 2.38. The SMILES string of the molecule is COC(=O)c1cc(C2(CN)CC(F)(F)C2)ccc1O. The molecule has 0 heterocycles. The van der Waals surface area contributed by atoms with Gasteiger partial charge >= 0.3 is 5.97 Å². The lowest BCUT2D eigenvalue weighted by atomic mass is 9.62. The van der Waals surface area contributed by atoms with E-state index in [0.717, 1.165) is 0 Å². The second-order valence-electron chi connectivity index (χ2n) is 4.92. The topological polar surface area (TPSA) is 72.5 Å². The molecule has 4 nitrogen and oxygen atoms in total. The van der Waals surface area contributed by atoms with Crippen molar-refractivity contribution in [3.8, 4) is 5.75 Å². The van der Waals surface area contributed by atoms with Crippen LogP contribution in [0.15, 0.2) is 18.2 Å². The van der Waals surface area contributed by atoms with Crippen LogP contribution in [-0.4, -0.2) is 30.7 Å². The summed E-state index contributed by atoms with van der Waals surface area (Å²) in [5.74, 6) is -3.67. The van der Waals surface area contributed by atoms with Gasteiger partial charge in [-0.3, -0.25) is 0 Å². The molecule has 2 rings (SSSR count). The molecule has 104 valence electrons. The molecule has 1 aliphatic rings. The zero-order valence-corrected chi connectivity index (χ0v) is 10.5. The molecule has 1 fully saturated rings. The minimum atomic E-state index is -2.72. The van der Waals surface area contributed by atoms with Crippen LogP contribution in [0.5, 0.6) is 5.75 Å². The van der Waals surface area contributed by atoms with Crippen LogP contribution in [0.4, 0.5) is 8.78 Å². The number of hydrogen-bond acceptors (Lipinski definition) is 4. The summed E-state index contributed by atoms with van der Waals surface area (Å²) in [5.41, 5.74) is 5.26. The molecular weight excluding hydrogens is 256 g/mol. The van der Waals surface area contributed by atoms with Gasteiger partial charge in [-0.1, -0.05) is 6.07 Å². The van der Waals surface area contributed by atoms with E-state index in [0.29, 0.717) is 5.56 Å². The molecule has 0 aliphatic heterocycles. The average Bonchev–Trinajstić information content (AvgIpc) is 2.35. The first kappa shape index (κ1) is 13.7. The predicted molar refractivity (Wildman–Crippen MR) is 64.4 cm³/mol. The van der Waals surface area contributed by atoms with Gasteiger partial charge in [-0.2, -0.15) is 0 Å². The number of carbonyl (C=O) groups excluding carboxylic acids is 1. The Labute approximate surface area is 109 Å². The van der Waals surface area contributed by atoms with Crippen molar-refractivity contribution in [2.75, 3.05) is 13.7 Å². The van der Waals surface area contributed by atoms with Crippen LogP contribution < -0.4 is 5.73 Å². The van der Waals surface area contributed by atoms with Crippen molar-refractivity contribution in [3.05, 3.63) is 29.3 Å². The lowest BCUT2D eigenvalue weighted by molar-refractivity contribution is -0.123. The molecule has 0 saturated heterocycles. The number of alkyl halides is 2. The number of benzene rings is 1. The molecule has 0 unspecified atom stereocenters. The lowest BCUT2D eigenvalue weighted by Crippen LogP contribution is -2.53. The summed E-state index contributed by atoms with van der Waals surface area (Å²) >= 11 is 0. The largest absolute Gasteiger partial charge is 0.507 e. The molecule has 3 N–H and O–H groups in total. The molecule has 0 amide bonds. The smallest absolute Gasteiger partial charge is 0.341 e. The molecule has 0 atom stereocenters. The highest BCUT2D eigenvalue weighted by molar-refractivity contribution is 5.92. The predicted octanol–water partition coefficient (Wildman–Crippen LogP) is 1.80. The second kappa shape index (κ2) is 4.45. The summed E-state index contributed by atoms with van der Waals surface area (Å²) < 4.78 is 30.8. The van der Waals surface area contributed by atoms with Gasteiger partial charge in [-0.25, -0.2) is 13.6 Å². The van der Waals surface area contributed by atoms with E-state index in [1.165, 1.54) is 25.3 Å². The number of phenolic OH excluding ortho intramolecular Hbond substituents is 1. The number of phenols is 1. The van der Waals surface area contributed by atoms with Gasteiger partial charge < -0.3 is 15.6 Å². The number of esters is 1. The zero-order chi connectivity index (χ0) is 14.3. The van der Waals surface area contributed by atoms with Gasteiger partial charge in [-0.05, 0) is 17.7 Å². The molecule has 0 aromatic heterocycles. The maximum atomic E-state index is 13.1. The Bertz CT molecular complexity index is 509. The highest BCUT2D eigenvalue weighted by Crippen LogP contribution is 2.53. The number of methoxy groups -OCH3 is 1. The fraction of sp³-hybridized carbons (Fsp3) is 0.462. The monoisotopic (exact) mass is 271 g/mol. The summed E-state index contributed by atoms with van der Waals surface area (Å²) in [6, 6.07) is 4.20. The normalized spacial score (nSPS) is 19.6. The number of hydrogen-bond donors (Lipinski definition) is 2. The minimum absolute atomic E-state index is 0.0389. The van der Waals surface area contributed by atoms with E-state index >= 15 is 0 Å². The average molecular weight is 271 g/mol. The van der Waals surface area contributed by atoms with Gasteiger partial charge in [0, 0.05) is 24.8 Å². The first-order valence-electron chi connectivity index (χ1n) is 5.83. The minimum Gasteiger partial charge on any atom is -0.507 e. The third kappa shape index (κ3) is 2.28. The molecule has 1 aromatic carbocycles. The van der Waals surface area contributed by atoms with Crippen LogP contribution in [-0.2, 0) is 10.2 Å². The fourth-order valence-corrected chi connectivity index (χ4v) is 2.54. The first-order chi connectivity index (χ1) is 8.83. The molecule has 0 bridgehead atoms. The van der Waals surface area contributed by atoms with Gasteiger partial charge in [0.15, 0.2) is 0 Å². The Morgan fingerprint density at radius 1 is 1.47 bits per heavy atom. The van der Waals surface area contributed by atoms with E-state index in [9.17, 15) is 18.7 Å². The number of halogens is 2. The zero-order valence-electron chi connectivity index (χ0n) is 10.5. The number of ether oxygens (including phenoxy) is 1. The van der Waals surface area contributed by atoms with Crippen molar-refractivity contribution in [1.29, 1.82) is 0 Å². The van der Waals surface area contributed by atoms with Gasteiger partial charge in [0.1, 0.15) is 11.3 Å². The van der Waals surface area contributed by atoms with E-state index in [4.69, 9.17) is 5.73 Å². The van der Waals surface area contributed by atoms with Crippen molar-refractivity contribution < 1.29 is 23.4 Å². The van der Waals surface area contributed by atoms with Crippen molar-refractivity contribution in [2.24, 2.45) is 5.73 Å². The van der Waals surface area contributed by atoms with Crippen molar-refractivity contribution >= 4 is 5.97 Å². The first-order valence-corrected chi connectivity index (χ1v) is 5.83. The molecule has 0 spiro atoms. The summed E-state index contributed by atoms with van der Waals surface area (Å²) in [4.78, 5) is 11.5. The fourth-order valence-electron chi connectivity index (χ4n) is 2.54. The van der Waals surface area contributed by atoms with Crippen LogP contribution in [0.3, 0.4) is 0 Å². The Morgan fingerprint density at radius 2 is 2.11 bits per heavy atom. The molecule has 1 saturated carbocycles.